The summed E-state index contributed by atoms with van der Waals surface area (Å²) >= 11 is 0. The van der Waals surface area contributed by atoms with Crippen LogP contribution in [0.5, 0.6) is 0 Å². The molecule has 8 heteroatoms. The van der Waals surface area contributed by atoms with Crippen molar-refractivity contribution in [2.45, 2.75) is 187 Å². The lowest BCUT2D eigenvalue weighted by Crippen LogP contribution is -2.50. The van der Waals surface area contributed by atoms with E-state index in [1.165, 1.54) is 51.4 Å². The fourth-order valence-corrected chi connectivity index (χ4v) is 6.21. The fourth-order valence-electron chi connectivity index (χ4n) is 6.21. The summed E-state index contributed by atoms with van der Waals surface area (Å²) in [7, 11) is 5.51. The first kappa shape index (κ1) is 53.0. The molecule has 2 atom stereocenters. The summed E-state index contributed by atoms with van der Waals surface area (Å²) in [4.78, 5) is 37.0. The molecule has 0 aliphatic carbocycles. The number of aliphatic carboxylic acids is 1. The standard InChI is InChI=1S/C48H83NO7/c1-6-8-10-12-14-16-18-20-22-23-24-25-27-29-31-33-35-37-39-47(51)56-44(42-54-41-40-45(48(52)53)49(3,4)5)43-55-46(50)38-36-34-32-30-28-26-21-19-17-15-13-11-9-7-2/h9,11,15,17,21-26,44-45H,6-8,10,12-14,16,18-20,27-43H2,1-5H3/p+1/b11-9+,17-15+,23-22+,25-24+,26-21+. The zero-order chi connectivity index (χ0) is 41.4. The van der Waals surface area contributed by atoms with Gasteiger partial charge < -0.3 is 23.8 Å². The molecule has 0 fully saturated rings. The maximum atomic E-state index is 12.7. The normalized spacial score (nSPS) is 13.5. The molecule has 0 aliphatic heterocycles. The van der Waals surface area contributed by atoms with Gasteiger partial charge in [-0.05, 0) is 70.6 Å². The first-order valence-electron chi connectivity index (χ1n) is 22.3. The fraction of sp³-hybridized carbons (Fsp3) is 0.729. The molecule has 0 rings (SSSR count). The number of carbonyl (C=O) groups excluding carboxylic acids is 2. The van der Waals surface area contributed by atoms with Crippen LogP contribution in [0.2, 0.25) is 0 Å². The number of unbranched alkanes of at least 4 members (excludes halogenated alkanes) is 16. The van der Waals surface area contributed by atoms with Gasteiger partial charge in [0.2, 0.25) is 0 Å². The lowest BCUT2D eigenvalue weighted by atomic mass is 10.1. The second-order valence-corrected chi connectivity index (χ2v) is 15.9. The molecule has 2 unspecified atom stereocenters. The zero-order valence-corrected chi connectivity index (χ0v) is 36.6. The average molecular weight is 787 g/mol. The van der Waals surface area contributed by atoms with Crippen molar-refractivity contribution < 1.29 is 38.2 Å². The van der Waals surface area contributed by atoms with Crippen LogP contribution < -0.4 is 0 Å². The summed E-state index contributed by atoms with van der Waals surface area (Å²) < 4.78 is 17.2. The van der Waals surface area contributed by atoms with Crippen molar-refractivity contribution in [3.8, 4) is 0 Å². The van der Waals surface area contributed by atoms with E-state index in [1.807, 2.05) is 21.1 Å². The van der Waals surface area contributed by atoms with Gasteiger partial charge in [-0.25, -0.2) is 4.79 Å². The molecule has 0 aliphatic rings. The van der Waals surface area contributed by atoms with E-state index >= 15 is 0 Å². The molecule has 0 saturated carbocycles. The molecule has 8 nitrogen and oxygen atoms in total. The minimum Gasteiger partial charge on any atom is -0.477 e. The predicted octanol–water partition coefficient (Wildman–Crippen LogP) is 12.2. The molecule has 0 spiro atoms. The van der Waals surface area contributed by atoms with Crippen molar-refractivity contribution in [1.29, 1.82) is 0 Å². The van der Waals surface area contributed by atoms with Crippen LogP contribution in [0.1, 0.15) is 174 Å². The van der Waals surface area contributed by atoms with Crippen LogP contribution in [0.4, 0.5) is 0 Å². The summed E-state index contributed by atoms with van der Waals surface area (Å²) in [6, 6.07) is -0.623. The Labute approximate surface area is 343 Å². The van der Waals surface area contributed by atoms with Crippen LogP contribution in [0, 0.1) is 0 Å². The smallest absolute Gasteiger partial charge is 0.362 e. The highest BCUT2D eigenvalue weighted by atomic mass is 16.6. The van der Waals surface area contributed by atoms with E-state index < -0.39 is 18.1 Å². The van der Waals surface area contributed by atoms with Crippen molar-refractivity contribution in [3.63, 3.8) is 0 Å². The Morgan fingerprint density at radius 1 is 0.571 bits per heavy atom. The Morgan fingerprint density at radius 3 is 1.59 bits per heavy atom. The van der Waals surface area contributed by atoms with Crippen LogP contribution in [-0.4, -0.2) is 80.6 Å². The molecule has 0 bridgehead atoms. The van der Waals surface area contributed by atoms with Gasteiger partial charge in [-0.1, -0.05) is 145 Å². The highest BCUT2D eigenvalue weighted by molar-refractivity contribution is 5.72. The Hall–Kier alpha value is -2.97. The third-order valence-electron chi connectivity index (χ3n) is 9.68. The molecule has 0 saturated heterocycles. The Balaban J connectivity index is 4.41. The van der Waals surface area contributed by atoms with Gasteiger partial charge in [0.25, 0.3) is 0 Å². The summed E-state index contributed by atoms with van der Waals surface area (Å²) in [5.41, 5.74) is 0. The van der Waals surface area contributed by atoms with Gasteiger partial charge in [-0.2, -0.15) is 0 Å². The second kappa shape index (κ2) is 38.9. The van der Waals surface area contributed by atoms with Gasteiger partial charge >= 0.3 is 17.9 Å². The summed E-state index contributed by atoms with van der Waals surface area (Å²) in [6.07, 6.45) is 46.9. The van der Waals surface area contributed by atoms with Crippen LogP contribution in [0.15, 0.2) is 60.8 Å². The number of carboxylic acid groups (broad SMARTS) is 1. The number of rotatable bonds is 39. The van der Waals surface area contributed by atoms with E-state index in [0.717, 1.165) is 89.9 Å². The largest absolute Gasteiger partial charge is 0.477 e. The van der Waals surface area contributed by atoms with Crippen molar-refractivity contribution in [1.82, 2.24) is 0 Å². The van der Waals surface area contributed by atoms with Gasteiger partial charge in [-0.3, -0.25) is 9.59 Å². The van der Waals surface area contributed by atoms with Gasteiger partial charge in [0, 0.05) is 19.3 Å². The number of carboxylic acids is 1. The highest BCUT2D eigenvalue weighted by Gasteiger charge is 2.31. The van der Waals surface area contributed by atoms with Crippen molar-refractivity contribution >= 4 is 17.9 Å². The number of quaternary nitrogens is 1. The Bertz CT molecular complexity index is 1100. The number of nitrogens with zero attached hydrogens (tertiary/aromatic N) is 1. The molecule has 56 heavy (non-hydrogen) atoms. The molecule has 1 N–H and O–H groups in total. The third kappa shape index (κ3) is 36.7. The molecule has 322 valence electrons. The number of hydrogen-bond donors (Lipinski definition) is 1. The monoisotopic (exact) mass is 787 g/mol. The Morgan fingerprint density at radius 2 is 1.05 bits per heavy atom. The van der Waals surface area contributed by atoms with E-state index in [9.17, 15) is 19.5 Å². The minimum atomic E-state index is -0.883. The first-order valence-corrected chi connectivity index (χ1v) is 22.3. The molecule has 0 radical (unpaired) electrons. The maximum Gasteiger partial charge on any atom is 0.362 e. The van der Waals surface area contributed by atoms with Crippen molar-refractivity contribution in [2.24, 2.45) is 0 Å². The average Bonchev–Trinajstić information content (AvgIpc) is 3.15. The molecule has 0 heterocycles. The highest BCUT2D eigenvalue weighted by Crippen LogP contribution is 2.13. The third-order valence-corrected chi connectivity index (χ3v) is 9.68. The van der Waals surface area contributed by atoms with Crippen molar-refractivity contribution in [2.75, 3.05) is 41.0 Å². The Kier molecular flexibility index (Phi) is 36.8. The van der Waals surface area contributed by atoms with Gasteiger partial charge in [0.05, 0.1) is 34.4 Å². The quantitative estimate of drug-likeness (QED) is 0.0218. The molecule has 0 amide bonds. The minimum absolute atomic E-state index is 0.0452. The number of ether oxygens (including phenoxy) is 3. The predicted molar refractivity (Wildman–Crippen MR) is 234 cm³/mol. The van der Waals surface area contributed by atoms with Crippen LogP contribution in [-0.2, 0) is 28.6 Å². The molecule has 0 aromatic carbocycles. The molecular formula is C48H84NO7+. The maximum absolute atomic E-state index is 12.7. The van der Waals surface area contributed by atoms with E-state index in [1.54, 1.807) is 0 Å². The summed E-state index contributed by atoms with van der Waals surface area (Å²) in [5, 5.41) is 9.62. The summed E-state index contributed by atoms with van der Waals surface area (Å²) in [6.45, 7) is 4.57. The first-order chi connectivity index (χ1) is 27.1. The number of likely N-dealkylation sites (N-methyl/N-ethyl adjacent to an activating group) is 1. The molecule has 0 aromatic rings. The van der Waals surface area contributed by atoms with Crippen LogP contribution >= 0.6 is 0 Å². The summed E-state index contributed by atoms with van der Waals surface area (Å²) in [5.74, 6) is -1.52. The lowest BCUT2D eigenvalue weighted by Gasteiger charge is -2.31. The number of allylic oxidation sites excluding steroid dienone is 10. The van der Waals surface area contributed by atoms with E-state index in [0.29, 0.717) is 19.3 Å². The molecule has 0 aromatic heterocycles. The van der Waals surface area contributed by atoms with Crippen LogP contribution in [0.25, 0.3) is 0 Å². The zero-order valence-electron chi connectivity index (χ0n) is 36.6. The van der Waals surface area contributed by atoms with Crippen LogP contribution in [0.3, 0.4) is 0 Å². The number of esters is 2. The molecular weight excluding hydrogens is 703 g/mol. The number of carbonyl (C=O) groups is 3. The topological polar surface area (TPSA) is 99.1 Å². The van der Waals surface area contributed by atoms with Gasteiger partial charge in [0.1, 0.15) is 6.61 Å². The van der Waals surface area contributed by atoms with Gasteiger partial charge in [0.15, 0.2) is 12.1 Å². The lowest BCUT2D eigenvalue weighted by molar-refractivity contribution is -0.887. The van der Waals surface area contributed by atoms with E-state index in [4.69, 9.17) is 14.2 Å². The SMILES string of the molecule is CC/C=C/C/C=C/C/C=C/CCCCCCC(=O)OCC(COCCC(C(=O)O)[N+](C)(C)C)OC(=O)CCCCCCC/C=C/C=C/CCCCCCCCC. The number of hydrogen-bond acceptors (Lipinski definition) is 6. The second-order valence-electron chi connectivity index (χ2n) is 15.9. The van der Waals surface area contributed by atoms with E-state index in [-0.39, 0.29) is 36.2 Å². The van der Waals surface area contributed by atoms with Gasteiger partial charge in [-0.15, -0.1) is 0 Å². The van der Waals surface area contributed by atoms with E-state index in [2.05, 4.69) is 74.6 Å². The van der Waals surface area contributed by atoms with Crippen molar-refractivity contribution in [3.05, 3.63) is 60.8 Å².